The van der Waals surface area contributed by atoms with Crippen LogP contribution >= 0.6 is 22.9 Å². The number of aromatic nitrogens is 3. The van der Waals surface area contributed by atoms with Gasteiger partial charge in [-0.2, -0.15) is 4.98 Å². The SMILES string of the molecule is Cc1ncsc1CCNc1cc(-c2cccc(Cl)c2C)nc(N)n1. The average Bonchev–Trinajstić information content (AvgIpc) is 2.95. The fourth-order valence-corrected chi connectivity index (χ4v) is 3.41. The highest BCUT2D eigenvalue weighted by molar-refractivity contribution is 7.09. The topological polar surface area (TPSA) is 76.7 Å². The highest BCUT2D eigenvalue weighted by Crippen LogP contribution is 2.28. The number of halogens is 1. The summed E-state index contributed by atoms with van der Waals surface area (Å²) < 4.78 is 0. The number of aryl methyl sites for hydroxylation is 1. The van der Waals surface area contributed by atoms with E-state index in [1.807, 2.05) is 43.6 Å². The van der Waals surface area contributed by atoms with Crippen molar-refractivity contribution in [1.29, 1.82) is 0 Å². The van der Waals surface area contributed by atoms with E-state index in [0.717, 1.165) is 35.5 Å². The molecule has 24 heavy (non-hydrogen) atoms. The molecule has 0 unspecified atom stereocenters. The molecule has 7 heteroatoms. The molecule has 0 spiro atoms. The summed E-state index contributed by atoms with van der Waals surface area (Å²) in [7, 11) is 0. The van der Waals surface area contributed by atoms with Gasteiger partial charge in [-0.25, -0.2) is 9.97 Å². The summed E-state index contributed by atoms with van der Waals surface area (Å²) in [6.45, 7) is 4.75. The molecule has 0 bridgehead atoms. The molecule has 0 saturated carbocycles. The van der Waals surface area contributed by atoms with Crippen molar-refractivity contribution in [3.8, 4) is 11.3 Å². The highest BCUT2D eigenvalue weighted by Gasteiger charge is 2.09. The fraction of sp³-hybridized carbons (Fsp3) is 0.235. The van der Waals surface area contributed by atoms with Crippen LogP contribution in [-0.4, -0.2) is 21.5 Å². The molecule has 0 fully saturated rings. The summed E-state index contributed by atoms with van der Waals surface area (Å²) in [4.78, 5) is 14.1. The van der Waals surface area contributed by atoms with Gasteiger partial charge in [-0.1, -0.05) is 23.7 Å². The predicted octanol–water partition coefficient (Wildman–Crippen LogP) is 4.11. The fourth-order valence-electron chi connectivity index (χ4n) is 2.45. The summed E-state index contributed by atoms with van der Waals surface area (Å²) in [6, 6.07) is 7.64. The van der Waals surface area contributed by atoms with Gasteiger partial charge in [-0.15, -0.1) is 11.3 Å². The Balaban J connectivity index is 1.79. The molecule has 3 N–H and O–H groups in total. The summed E-state index contributed by atoms with van der Waals surface area (Å²) in [5, 5.41) is 4.02. The maximum atomic E-state index is 6.20. The number of nitrogens with zero attached hydrogens (tertiary/aromatic N) is 3. The average molecular weight is 360 g/mol. The molecule has 124 valence electrons. The molecule has 0 atom stereocenters. The van der Waals surface area contributed by atoms with E-state index in [9.17, 15) is 0 Å². The number of thiazole rings is 1. The van der Waals surface area contributed by atoms with Gasteiger partial charge >= 0.3 is 0 Å². The van der Waals surface area contributed by atoms with E-state index >= 15 is 0 Å². The van der Waals surface area contributed by atoms with E-state index in [1.54, 1.807) is 11.3 Å². The standard InChI is InChI=1S/C17H18ClN5S/c1-10-12(4-3-5-13(10)18)14-8-16(23-17(19)22-14)20-7-6-15-11(2)21-9-24-15/h3-5,8-9H,6-7H2,1-2H3,(H3,19,20,22,23). The maximum absolute atomic E-state index is 6.20. The van der Waals surface area contributed by atoms with Crippen molar-refractivity contribution in [2.24, 2.45) is 0 Å². The molecule has 0 aliphatic rings. The Morgan fingerprint density at radius 2 is 2.08 bits per heavy atom. The van der Waals surface area contributed by atoms with Gasteiger partial charge in [0.1, 0.15) is 5.82 Å². The molecule has 3 rings (SSSR count). The molecule has 0 amide bonds. The van der Waals surface area contributed by atoms with Gasteiger partial charge in [0.25, 0.3) is 0 Å². The lowest BCUT2D eigenvalue weighted by atomic mass is 10.1. The minimum Gasteiger partial charge on any atom is -0.370 e. The number of hydrogen-bond acceptors (Lipinski definition) is 6. The first-order valence-corrected chi connectivity index (χ1v) is 8.83. The Morgan fingerprint density at radius 1 is 1.25 bits per heavy atom. The van der Waals surface area contributed by atoms with Crippen LogP contribution in [0.3, 0.4) is 0 Å². The van der Waals surface area contributed by atoms with Crippen LogP contribution in [0.15, 0.2) is 29.8 Å². The third-order valence-corrected chi connectivity index (χ3v) is 5.19. The summed E-state index contributed by atoms with van der Waals surface area (Å²) >= 11 is 7.87. The number of benzene rings is 1. The van der Waals surface area contributed by atoms with Gasteiger partial charge in [-0.3, -0.25) is 0 Å². The Hall–Kier alpha value is -2.18. The van der Waals surface area contributed by atoms with Crippen molar-refractivity contribution in [1.82, 2.24) is 15.0 Å². The molecule has 0 saturated heterocycles. The number of rotatable bonds is 5. The smallest absolute Gasteiger partial charge is 0.222 e. The largest absolute Gasteiger partial charge is 0.370 e. The first kappa shape index (κ1) is 16.7. The third kappa shape index (κ3) is 3.66. The van der Waals surface area contributed by atoms with Gasteiger partial charge < -0.3 is 11.1 Å². The molecule has 3 aromatic rings. The zero-order valence-corrected chi connectivity index (χ0v) is 15.1. The van der Waals surface area contributed by atoms with Gasteiger partial charge in [0.15, 0.2) is 0 Å². The zero-order chi connectivity index (χ0) is 17.1. The van der Waals surface area contributed by atoms with Gasteiger partial charge in [0, 0.05) is 34.5 Å². The van der Waals surface area contributed by atoms with Crippen LogP contribution in [0.5, 0.6) is 0 Å². The molecular formula is C17H18ClN5S. The monoisotopic (exact) mass is 359 g/mol. The van der Waals surface area contributed by atoms with Gasteiger partial charge in [0.2, 0.25) is 5.95 Å². The summed E-state index contributed by atoms with van der Waals surface area (Å²) in [6.07, 6.45) is 0.895. The zero-order valence-electron chi connectivity index (χ0n) is 13.5. The second kappa shape index (κ2) is 7.15. The molecule has 0 radical (unpaired) electrons. The van der Waals surface area contributed by atoms with Crippen LogP contribution in [0.1, 0.15) is 16.1 Å². The van der Waals surface area contributed by atoms with E-state index in [-0.39, 0.29) is 5.95 Å². The van der Waals surface area contributed by atoms with Crippen molar-refractivity contribution in [3.05, 3.63) is 50.9 Å². The molecule has 0 aliphatic carbocycles. The minimum absolute atomic E-state index is 0.239. The second-order valence-corrected chi connectivity index (χ2v) is 6.79. The highest BCUT2D eigenvalue weighted by atomic mass is 35.5. The lowest BCUT2D eigenvalue weighted by molar-refractivity contribution is 1.00. The van der Waals surface area contributed by atoms with E-state index in [4.69, 9.17) is 17.3 Å². The van der Waals surface area contributed by atoms with Crippen molar-refractivity contribution < 1.29 is 0 Å². The molecule has 0 aliphatic heterocycles. The Bertz CT molecular complexity index is 862. The molecule has 1 aromatic carbocycles. The van der Waals surface area contributed by atoms with Gasteiger partial charge in [0.05, 0.1) is 16.9 Å². The second-order valence-electron chi connectivity index (χ2n) is 5.45. The van der Waals surface area contributed by atoms with Crippen LogP contribution in [0, 0.1) is 13.8 Å². The van der Waals surface area contributed by atoms with Gasteiger partial charge in [-0.05, 0) is 25.5 Å². The lowest BCUT2D eigenvalue weighted by Crippen LogP contribution is -2.08. The van der Waals surface area contributed by atoms with Crippen LogP contribution in [0.2, 0.25) is 5.02 Å². The van der Waals surface area contributed by atoms with E-state index in [0.29, 0.717) is 10.8 Å². The number of hydrogen-bond donors (Lipinski definition) is 2. The number of nitrogens with one attached hydrogen (secondary N) is 1. The van der Waals surface area contributed by atoms with E-state index in [1.165, 1.54) is 4.88 Å². The quantitative estimate of drug-likeness (QED) is 0.717. The normalized spacial score (nSPS) is 10.8. The van der Waals surface area contributed by atoms with Crippen molar-refractivity contribution in [2.75, 3.05) is 17.6 Å². The van der Waals surface area contributed by atoms with Crippen LogP contribution in [-0.2, 0) is 6.42 Å². The van der Waals surface area contributed by atoms with E-state index < -0.39 is 0 Å². The number of nitrogen functional groups attached to an aromatic ring is 1. The Labute approximate surface area is 149 Å². The number of nitrogens with two attached hydrogens (primary N) is 1. The van der Waals surface area contributed by atoms with Crippen LogP contribution < -0.4 is 11.1 Å². The molecule has 2 heterocycles. The minimum atomic E-state index is 0.239. The van der Waals surface area contributed by atoms with Crippen molar-refractivity contribution >= 4 is 34.7 Å². The van der Waals surface area contributed by atoms with E-state index in [2.05, 4.69) is 20.3 Å². The first-order chi connectivity index (χ1) is 11.5. The van der Waals surface area contributed by atoms with Crippen LogP contribution in [0.4, 0.5) is 11.8 Å². The summed E-state index contributed by atoms with van der Waals surface area (Å²) in [5.74, 6) is 0.947. The van der Waals surface area contributed by atoms with Crippen molar-refractivity contribution in [2.45, 2.75) is 20.3 Å². The molecular weight excluding hydrogens is 342 g/mol. The third-order valence-electron chi connectivity index (χ3n) is 3.79. The number of anilines is 2. The maximum Gasteiger partial charge on any atom is 0.222 e. The Morgan fingerprint density at radius 3 is 2.83 bits per heavy atom. The van der Waals surface area contributed by atoms with Crippen molar-refractivity contribution in [3.63, 3.8) is 0 Å². The Kier molecular flexibility index (Phi) is 4.97. The first-order valence-electron chi connectivity index (χ1n) is 7.57. The summed E-state index contributed by atoms with van der Waals surface area (Å²) in [5.41, 5.74) is 11.5. The molecule has 5 nitrogen and oxygen atoms in total. The lowest BCUT2D eigenvalue weighted by Gasteiger charge is -2.10. The molecule has 2 aromatic heterocycles. The predicted molar refractivity (Wildman–Crippen MR) is 101 cm³/mol. The van der Waals surface area contributed by atoms with Crippen LogP contribution in [0.25, 0.3) is 11.3 Å².